The average molecular weight is 299 g/mol. The molecule has 2 N–H and O–H groups in total. The molecule has 0 aliphatic rings. The molecule has 1 aromatic carbocycles. The molecule has 4 nitrogen and oxygen atoms in total. The third-order valence-corrected chi connectivity index (χ3v) is 4.01. The van der Waals surface area contributed by atoms with E-state index in [2.05, 4.69) is 5.32 Å². The van der Waals surface area contributed by atoms with Gasteiger partial charge in [0.1, 0.15) is 6.04 Å². The van der Waals surface area contributed by atoms with Gasteiger partial charge in [-0.3, -0.25) is 4.79 Å². The van der Waals surface area contributed by atoms with Gasteiger partial charge in [0.15, 0.2) is 0 Å². The van der Waals surface area contributed by atoms with E-state index in [0.717, 1.165) is 4.90 Å². The van der Waals surface area contributed by atoms with Gasteiger partial charge >= 0.3 is 5.97 Å². The molecular formula is C13H17NO3S2. The number of carbonyl (C=O) groups excluding carboxylic acids is 1. The van der Waals surface area contributed by atoms with Crippen molar-refractivity contribution in [3.8, 4) is 0 Å². The van der Waals surface area contributed by atoms with E-state index in [0.29, 0.717) is 17.7 Å². The maximum absolute atomic E-state index is 12.1. The van der Waals surface area contributed by atoms with Gasteiger partial charge in [-0.1, -0.05) is 12.1 Å². The molecule has 0 radical (unpaired) electrons. The molecule has 0 fully saturated rings. The van der Waals surface area contributed by atoms with Gasteiger partial charge in [-0.2, -0.15) is 11.8 Å². The van der Waals surface area contributed by atoms with Crippen molar-refractivity contribution < 1.29 is 14.7 Å². The highest BCUT2D eigenvalue weighted by molar-refractivity contribution is 7.98. The Hall–Kier alpha value is -1.14. The molecule has 0 aromatic heterocycles. The minimum atomic E-state index is -0.996. The molecule has 0 saturated heterocycles. The van der Waals surface area contributed by atoms with Gasteiger partial charge in [-0.25, -0.2) is 4.79 Å². The molecule has 1 atom stereocenters. The highest BCUT2D eigenvalue weighted by atomic mass is 32.2. The lowest BCUT2D eigenvalue weighted by atomic mass is 10.1. The summed E-state index contributed by atoms with van der Waals surface area (Å²) in [5, 5.41) is 11.7. The molecule has 19 heavy (non-hydrogen) atoms. The Kier molecular flexibility index (Phi) is 6.80. The zero-order valence-electron chi connectivity index (χ0n) is 10.9. The van der Waals surface area contributed by atoms with Crippen LogP contribution in [0.4, 0.5) is 0 Å². The maximum Gasteiger partial charge on any atom is 0.326 e. The van der Waals surface area contributed by atoms with Gasteiger partial charge in [0.05, 0.1) is 5.56 Å². The van der Waals surface area contributed by atoms with E-state index in [4.69, 9.17) is 5.11 Å². The molecule has 1 aromatic rings. The van der Waals surface area contributed by atoms with E-state index in [-0.39, 0.29) is 5.91 Å². The summed E-state index contributed by atoms with van der Waals surface area (Å²) >= 11 is 3.02. The number of carbonyl (C=O) groups is 2. The van der Waals surface area contributed by atoms with Crippen LogP contribution in [0.15, 0.2) is 29.2 Å². The average Bonchev–Trinajstić information content (AvgIpc) is 2.42. The van der Waals surface area contributed by atoms with Crippen LogP contribution in [0, 0.1) is 0 Å². The van der Waals surface area contributed by atoms with Crippen molar-refractivity contribution in [3.63, 3.8) is 0 Å². The number of nitrogens with one attached hydrogen (secondary N) is 1. The minimum Gasteiger partial charge on any atom is -0.480 e. The van der Waals surface area contributed by atoms with Crippen molar-refractivity contribution >= 4 is 35.4 Å². The summed E-state index contributed by atoms with van der Waals surface area (Å²) in [6.07, 6.45) is 4.21. The summed E-state index contributed by atoms with van der Waals surface area (Å²) in [4.78, 5) is 24.0. The van der Waals surface area contributed by atoms with E-state index in [9.17, 15) is 9.59 Å². The molecule has 0 heterocycles. The monoisotopic (exact) mass is 299 g/mol. The van der Waals surface area contributed by atoms with E-state index < -0.39 is 12.0 Å². The summed E-state index contributed by atoms with van der Waals surface area (Å²) in [5.74, 6) is -0.635. The lowest BCUT2D eigenvalue weighted by Crippen LogP contribution is -2.41. The Labute approximate surface area is 121 Å². The predicted octanol–water partition coefficient (Wildman–Crippen LogP) is 2.34. The number of thioether (sulfide) groups is 2. The standard InChI is InChI=1S/C13H17NO3S2/c1-18-8-7-10(13(16)17)14-12(15)9-5-3-4-6-11(9)19-2/h3-6,10H,7-8H2,1-2H3,(H,14,15)(H,16,17). The van der Waals surface area contributed by atoms with E-state index in [1.54, 1.807) is 23.9 Å². The lowest BCUT2D eigenvalue weighted by Gasteiger charge is -2.15. The largest absolute Gasteiger partial charge is 0.480 e. The van der Waals surface area contributed by atoms with Crippen LogP contribution in [0.5, 0.6) is 0 Å². The summed E-state index contributed by atoms with van der Waals surface area (Å²) in [6, 6.07) is 6.33. The third-order valence-electron chi connectivity index (χ3n) is 2.57. The fraction of sp³-hybridized carbons (Fsp3) is 0.385. The second-order valence-electron chi connectivity index (χ2n) is 3.85. The van der Waals surface area contributed by atoms with Crippen molar-refractivity contribution in [3.05, 3.63) is 29.8 Å². The van der Waals surface area contributed by atoms with Gasteiger partial charge in [0.2, 0.25) is 0 Å². The molecule has 1 unspecified atom stereocenters. The van der Waals surface area contributed by atoms with E-state index >= 15 is 0 Å². The summed E-state index contributed by atoms with van der Waals surface area (Å²) in [6.45, 7) is 0. The molecular weight excluding hydrogens is 282 g/mol. The van der Waals surface area contributed by atoms with Crippen molar-refractivity contribution in [1.82, 2.24) is 5.32 Å². The van der Waals surface area contributed by atoms with Gasteiger partial charge in [-0.05, 0) is 36.8 Å². The van der Waals surface area contributed by atoms with Crippen molar-refractivity contribution in [2.75, 3.05) is 18.3 Å². The van der Waals surface area contributed by atoms with Crippen LogP contribution in [0.2, 0.25) is 0 Å². The first-order valence-corrected chi connectivity index (χ1v) is 8.37. The predicted molar refractivity (Wildman–Crippen MR) is 80.1 cm³/mol. The molecule has 1 amide bonds. The molecule has 0 spiro atoms. The SMILES string of the molecule is CSCCC(NC(=O)c1ccccc1SC)C(=O)O. The van der Waals surface area contributed by atoms with Crippen LogP contribution in [0.1, 0.15) is 16.8 Å². The molecule has 6 heteroatoms. The topological polar surface area (TPSA) is 66.4 Å². The Balaban J connectivity index is 2.78. The Morgan fingerprint density at radius 1 is 1.32 bits per heavy atom. The molecule has 0 bridgehead atoms. The first kappa shape index (κ1) is 15.9. The second-order valence-corrected chi connectivity index (χ2v) is 5.68. The van der Waals surface area contributed by atoms with Crippen LogP contribution < -0.4 is 5.32 Å². The summed E-state index contributed by atoms with van der Waals surface area (Å²) in [7, 11) is 0. The van der Waals surface area contributed by atoms with Gasteiger partial charge in [-0.15, -0.1) is 11.8 Å². The van der Waals surface area contributed by atoms with Crippen LogP contribution >= 0.6 is 23.5 Å². The summed E-state index contributed by atoms with van der Waals surface area (Å²) in [5.41, 5.74) is 0.519. The number of hydrogen-bond acceptors (Lipinski definition) is 4. The van der Waals surface area contributed by atoms with E-state index in [1.165, 1.54) is 11.8 Å². The highest BCUT2D eigenvalue weighted by Gasteiger charge is 2.21. The normalized spacial score (nSPS) is 11.9. The van der Waals surface area contributed by atoms with Crippen LogP contribution in [-0.4, -0.2) is 41.3 Å². The van der Waals surface area contributed by atoms with Crippen molar-refractivity contribution in [1.29, 1.82) is 0 Å². The van der Waals surface area contributed by atoms with Crippen LogP contribution in [-0.2, 0) is 4.79 Å². The lowest BCUT2D eigenvalue weighted by molar-refractivity contribution is -0.139. The maximum atomic E-state index is 12.1. The quantitative estimate of drug-likeness (QED) is 0.757. The van der Waals surface area contributed by atoms with Gasteiger partial charge < -0.3 is 10.4 Å². The molecule has 0 aliphatic heterocycles. The van der Waals surface area contributed by atoms with Gasteiger partial charge in [0, 0.05) is 4.90 Å². The molecule has 1 rings (SSSR count). The smallest absolute Gasteiger partial charge is 0.326 e. The highest BCUT2D eigenvalue weighted by Crippen LogP contribution is 2.19. The molecule has 0 saturated carbocycles. The minimum absolute atomic E-state index is 0.335. The molecule has 104 valence electrons. The molecule has 0 aliphatic carbocycles. The zero-order valence-corrected chi connectivity index (χ0v) is 12.5. The third kappa shape index (κ3) is 4.80. The first-order chi connectivity index (χ1) is 9.10. The number of aliphatic carboxylic acids is 1. The number of amides is 1. The number of hydrogen-bond donors (Lipinski definition) is 2. The summed E-state index contributed by atoms with van der Waals surface area (Å²) < 4.78 is 0. The number of carboxylic acids is 1. The Bertz CT molecular complexity index is 451. The number of benzene rings is 1. The van der Waals surface area contributed by atoms with Crippen LogP contribution in [0.3, 0.4) is 0 Å². The number of rotatable bonds is 7. The van der Waals surface area contributed by atoms with Crippen LogP contribution in [0.25, 0.3) is 0 Å². The first-order valence-electron chi connectivity index (χ1n) is 5.75. The fourth-order valence-electron chi connectivity index (χ4n) is 1.56. The Morgan fingerprint density at radius 3 is 2.58 bits per heavy atom. The van der Waals surface area contributed by atoms with Crippen molar-refractivity contribution in [2.24, 2.45) is 0 Å². The number of carboxylic acid groups (broad SMARTS) is 1. The zero-order chi connectivity index (χ0) is 14.3. The van der Waals surface area contributed by atoms with Gasteiger partial charge in [0.25, 0.3) is 5.91 Å². The van der Waals surface area contributed by atoms with E-state index in [1.807, 2.05) is 24.6 Å². The van der Waals surface area contributed by atoms with Crippen molar-refractivity contribution in [2.45, 2.75) is 17.4 Å². The fourth-order valence-corrected chi connectivity index (χ4v) is 2.63. The second kappa shape index (κ2) is 8.12. The Morgan fingerprint density at radius 2 is 2.00 bits per heavy atom.